The maximum atomic E-state index is 12.8. The van der Waals surface area contributed by atoms with Gasteiger partial charge in [-0.1, -0.05) is 6.92 Å². The van der Waals surface area contributed by atoms with Crippen LogP contribution in [0.3, 0.4) is 0 Å². The molecule has 4 aliphatic rings. The van der Waals surface area contributed by atoms with Crippen LogP contribution < -0.4 is 5.32 Å². The maximum Gasteiger partial charge on any atom is 0.226 e. The van der Waals surface area contributed by atoms with Gasteiger partial charge < -0.3 is 5.32 Å². The molecule has 4 bridgehead atoms. The van der Waals surface area contributed by atoms with Gasteiger partial charge in [0.2, 0.25) is 5.91 Å². The Balaban J connectivity index is 1.82. The zero-order valence-corrected chi connectivity index (χ0v) is 13.1. The molecule has 4 atom stereocenters. The molecule has 1 N–H and O–H groups in total. The molecular formula is C16H26ClNO. The molecule has 2 unspecified atom stereocenters. The summed E-state index contributed by atoms with van der Waals surface area (Å²) in [4.78, 5) is 12.8. The smallest absolute Gasteiger partial charge is 0.226 e. The molecule has 0 aromatic rings. The van der Waals surface area contributed by atoms with E-state index in [4.69, 9.17) is 11.6 Å². The van der Waals surface area contributed by atoms with Gasteiger partial charge in [-0.2, -0.15) is 0 Å². The van der Waals surface area contributed by atoms with Crippen LogP contribution in [0.4, 0.5) is 0 Å². The second-order valence-electron chi connectivity index (χ2n) is 8.08. The number of nitrogens with one attached hydrogen (secondary N) is 1. The van der Waals surface area contributed by atoms with Crippen LogP contribution in [0.2, 0.25) is 0 Å². The van der Waals surface area contributed by atoms with Crippen molar-refractivity contribution < 1.29 is 4.79 Å². The van der Waals surface area contributed by atoms with E-state index in [1.807, 2.05) is 0 Å². The van der Waals surface area contributed by atoms with E-state index < -0.39 is 0 Å². The molecule has 0 heterocycles. The lowest BCUT2D eigenvalue weighted by Gasteiger charge is -2.59. The van der Waals surface area contributed by atoms with Crippen LogP contribution in [0.25, 0.3) is 0 Å². The largest absolute Gasteiger partial charge is 0.351 e. The monoisotopic (exact) mass is 283 g/mol. The summed E-state index contributed by atoms with van der Waals surface area (Å²) in [7, 11) is 0. The van der Waals surface area contributed by atoms with Crippen LogP contribution in [0.5, 0.6) is 0 Å². The molecule has 4 rings (SSSR count). The maximum absolute atomic E-state index is 12.8. The van der Waals surface area contributed by atoms with Gasteiger partial charge in [-0.25, -0.2) is 0 Å². The lowest BCUT2D eigenvalue weighted by Crippen LogP contribution is -2.60. The molecule has 0 saturated heterocycles. The number of carbonyl (C=O) groups is 1. The number of alkyl halides is 1. The first-order valence-corrected chi connectivity index (χ1v) is 8.15. The number of halogens is 1. The Bertz CT molecular complexity index is 390. The van der Waals surface area contributed by atoms with E-state index in [-0.39, 0.29) is 21.7 Å². The molecule has 4 aliphatic carbocycles. The van der Waals surface area contributed by atoms with Crippen molar-refractivity contribution in [3.05, 3.63) is 0 Å². The van der Waals surface area contributed by atoms with Gasteiger partial charge in [0.25, 0.3) is 0 Å². The highest BCUT2D eigenvalue weighted by Crippen LogP contribution is 2.63. The third-order valence-electron chi connectivity index (χ3n) is 5.81. The second-order valence-corrected chi connectivity index (χ2v) is 8.89. The van der Waals surface area contributed by atoms with Crippen molar-refractivity contribution in [3.8, 4) is 0 Å². The first-order chi connectivity index (χ1) is 8.76. The zero-order valence-electron chi connectivity index (χ0n) is 12.4. The van der Waals surface area contributed by atoms with Crippen molar-refractivity contribution in [1.29, 1.82) is 0 Å². The molecule has 108 valence electrons. The molecule has 0 aliphatic heterocycles. The molecule has 0 aromatic carbocycles. The zero-order chi connectivity index (χ0) is 13.9. The molecule has 3 heteroatoms. The Morgan fingerprint density at radius 2 is 1.84 bits per heavy atom. The number of rotatable bonds is 3. The van der Waals surface area contributed by atoms with Crippen molar-refractivity contribution in [2.45, 2.75) is 76.1 Å². The highest BCUT2D eigenvalue weighted by Gasteiger charge is 2.60. The van der Waals surface area contributed by atoms with E-state index in [0.717, 1.165) is 38.5 Å². The molecule has 0 aromatic heterocycles. The minimum absolute atomic E-state index is 0.0716. The lowest BCUT2D eigenvalue weighted by molar-refractivity contribution is -0.146. The summed E-state index contributed by atoms with van der Waals surface area (Å²) in [5.74, 6) is 1.65. The quantitative estimate of drug-likeness (QED) is 0.783. The molecule has 1 amide bonds. The summed E-state index contributed by atoms with van der Waals surface area (Å²) in [5.41, 5.74) is -0.252. The Labute approximate surface area is 121 Å². The molecular weight excluding hydrogens is 258 g/mol. The van der Waals surface area contributed by atoms with Gasteiger partial charge in [0.15, 0.2) is 0 Å². The molecule has 2 nitrogen and oxygen atoms in total. The van der Waals surface area contributed by atoms with Gasteiger partial charge in [0.05, 0.1) is 5.41 Å². The number of carbonyl (C=O) groups excluding carboxylic acids is 1. The molecule has 4 fully saturated rings. The van der Waals surface area contributed by atoms with E-state index >= 15 is 0 Å². The van der Waals surface area contributed by atoms with E-state index in [1.165, 1.54) is 6.42 Å². The highest BCUT2D eigenvalue weighted by atomic mass is 35.5. The van der Waals surface area contributed by atoms with Crippen LogP contribution >= 0.6 is 11.6 Å². The van der Waals surface area contributed by atoms with Gasteiger partial charge in [0.1, 0.15) is 0 Å². The Kier molecular flexibility index (Phi) is 2.98. The Morgan fingerprint density at radius 3 is 2.32 bits per heavy atom. The molecule has 4 saturated carbocycles. The van der Waals surface area contributed by atoms with Crippen molar-refractivity contribution in [1.82, 2.24) is 5.32 Å². The van der Waals surface area contributed by atoms with Crippen molar-refractivity contribution >= 4 is 17.5 Å². The van der Waals surface area contributed by atoms with Gasteiger partial charge in [0, 0.05) is 10.4 Å². The van der Waals surface area contributed by atoms with E-state index in [9.17, 15) is 4.79 Å². The second kappa shape index (κ2) is 4.13. The Morgan fingerprint density at radius 1 is 1.26 bits per heavy atom. The Hall–Kier alpha value is -0.240. The van der Waals surface area contributed by atoms with Gasteiger partial charge in [-0.3, -0.25) is 4.79 Å². The lowest BCUT2D eigenvalue weighted by atomic mass is 9.49. The normalized spacial score (nSPS) is 44.4. The summed E-state index contributed by atoms with van der Waals surface area (Å²) in [5, 5.41) is 3.28. The average molecular weight is 284 g/mol. The van der Waals surface area contributed by atoms with Crippen molar-refractivity contribution in [3.63, 3.8) is 0 Å². The first-order valence-electron chi connectivity index (χ1n) is 7.77. The minimum atomic E-state index is -0.154. The fraction of sp³-hybridized carbons (Fsp3) is 0.938. The minimum Gasteiger partial charge on any atom is -0.351 e. The molecule has 0 radical (unpaired) electrons. The summed E-state index contributed by atoms with van der Waals surface area (Å²) < 4.78 is 0. The topological polar surface area (TPSA) is 29.1 Å². The standard InChI is InChI=1S/C16H26ClNO/c1-4-14(2,3)18-13(19)15-6-11-5-12(7-15)9-16(17,8-11)10-15/h11-12H,4-10H2,1-3H3,(H,18,19)/t11-,12+,15?,16?. The van der Waals surface area contributed by atoms with Gasteiger partial charge in [-0.05, 0) is 70.6 Å². The van der Waals surface area contributed by atoms with Gasteiger partial charge in [-0.15, -0.1) is 11.6 Å². The third-order valence-corrected chi connectivity index (χ3v) is 6.25. The average Bonchev–Trinajstić information content (AvgIpc) is 2.25. The number of amides is 1. The van der Waals surface area contributed by atoms with Crippen LogP contribution in [-0.4, -0.2) is 16.3 Å². The summed E-state index contributed by atoms with van der Waals surface area (Å²) in [6, 6.07) is 0. The molecule has 0 spiro atoms. The van der Waals surface area contributed by atoms with Gasteiger partial charge >= 0.3 is 0 Å². The van der Waals surface area contributed by atoms with E-state index in [0.29, 0.717) is 11.8 Å². The van der Waals surface area contributed by atoms with Crippen molar-refractivity contribution in [2.75, 3.05) is 0 Å². The fourth-order valence-corrected chi connectivity index (χ4v) is 5.64. The van der Waals surface area contributed by atoms with E-state index in [2.05, 4.69) is 26.1 Å². The summed E-state index contributed by atoms with van der Waals surface area (Å²) >= 11 is 6.79. The SMILES string of the molecule is CCC(C)(C)NC(=O)C12C[C@@H]3C[C@@H](CC(Cl)(C3)C1)C2. The van der Waals surface area contributed by atoms with Crippen LogP contribution in [0.15, 0.2) is 0 Å². The summed E-state index contributed by atoms with van der Waals surface area (Å²) in [6.07, 6.45) is 7.59. The number of hydrogen-bond acceptors (Lipinski definition) is 1. The van der Waals surface area contributed by atoms with Crippen molar-refractivity contribution in [2.24, 2.45) is 17.3 Å². The highest BCUT2D eigenvalue weighted by molar-refractivity contribution is 6.24. The van der Waals surface area contributed by atoms with Crippen LogP contribution in [-0.2, 0) is 4.79 Å². The number of hydrogen-bond donors (Lipinski definition) is 1. The van der Waals surface area contributed by atoms with Crippen LogP contribution in [0.1, 0.15) is 65.7 Å². The molecule has 19 heavy (non-hydrogen) atoms. The summed E-state index contributed by atoms with van der Waals surface area (Å²) in [6.45, 7) is 6.35. The van der Waals surface area contributed by atoms with Crippen LogP contribution in [0, 0.1) is 17.3 Å². The van der Waals surface area contributed by atoms with E-state index in [1.54, 1.807) is 0 Å². The predicted octanol–water partition coefficient (Wildman–Crippen LogP) is 3.87. The fourth-order valence-electron chi connectivity index (χ4n) is 4.94. The third kappa shape index (κ3) is 2.30. The predicted molar refractivity (Wildman–Crippen MR) is 78.2 cm³/mol. The first kappa shape index (κ1) is 13.7.